The minimum Gasteiger partial charge on any atom is -0.479 e. The molecule has 0 spiro atoms. The quantitative estimate of drug-likeness (QED) is 0.0599. The summed E-state index contributed by atoms with van der Waals surface area (Å²) >= 11 is 0. The summed E-state index contributed by atoms with van der Waals surface area (Å²) in [6, 6.07) is 0. The predicted octanol–water partition coefficient (Wildman–Crippen LogP) is 1.19. The highest BCUT2D eigenvalue weighted by atomic mass is 16.8. The van der Waals surface area contributed by atoms with Gasteiger partial charge in [-0.2, -0.15) is 0 Å². The van der Waals surface area contributed by atoms with Crippen molar-refractivity contribution in [2.45, 2.75) is 231 Å². The highest BCUT2D eigenvalue weighted by Crippen LogP contribution is 2.76. The second-order valence-electron chi connectivity index (χ2n) is 25.4. The van der Waals surface area contributed by atoms with Gasteiger partial charge in [-0.1, -0.05) is 65.7 Å². The van der Waals surface area contributed by atoms with Crippen LogP contribution in [0.3, 0.4) is 0 Å². The van der Waals surface area contributed by atoms with Gasteiger partial charge in [0.25, 0.3) is 0 Å². The van der Waals surface area contributed by atoms with Gasteiger partial charge >= 0.3 is 11.9 Å². The summed E-state index contributed by atoms with van der Waals surface area (Å²) in [5.74, 6) is -2.30. The van der Waals surface area contributed by atoms with Crippen LogP contribution in [0.5, 0.6) is 0 Å². The highest BCUT2D eigenvalue weighted by molar-refractivity contribution is 5.82. The summed E-state index contributed by atoms with van der Waals surface area (Å²) in [6.45, 7) is 19.3. The average Bonchev–Trinajstić information content (AvgIpc) is 3.29. The zero-order valence-corrected chi connectivity index (χ0v) is 43.9. The van der Waals surface area contributed by atoms with Gasteiger partial charge in [-0.25, -0.2) is 9.59 Å². The van der Waals surface area contributed by atoms with E-state index < -0.39 is 145 Å². The second kappa shape index (κ2) is 20.2. The average molecular weight is 1040 g/mol. The summed E-state index contributed by atoms with van der Waals surface area (Å²) in [5.41, 5.74) is -1.24. The Labute approximate surface area is 427 Å². The first-order chi connectivity index (χ1) is 33.9. The Bertz CT molecular complexity index is 2090. The summed E-state index contributed by atoms with van der Waals surface area (Å²) in [4.78, 5) is 26.5. The van der Waals surface area contributed by atoms with Gasteiger partial charge in [-0.05, 0) is 117 Å². The number of carbonyl (C=O) groups is 2. The maximum Gasteiger partial charge on any atom is 0.335 e. The Kier molecular flexibility index (Phi) is 15.8. The Morgan fingerprint density at radius 3 is 1.95 bits per heavy atom. The number of aliphatic hydroxyl groups is 10. The zero-order valence-electron chi connectivity index (χ0n) is 43.9. The fourth-order valence-electron chi connectivity index (χ4n) is 15.9. The van der Waals surface area contributed by atoms with Crippen LogP contribution in [0.25, 0.3) is 0 Å². The van der Waals surface area contributed by atoms with Crippen LogP contribution < -0.4 is 0 Å². The molecule has 7 fully saturated rings. The van der Waals surface area contributed by atoms with E-state index in [0.717, 1.165) is 24.8 Å². The SMILES string of the molecule is CC(C)=CC(=O)O[C@@H]1C[C@]2(C)C(=CC[C@@H]3[C@@]4(C)CC[C@H](O[C@@H]5O[C@H](C(=O)O)[C@@H](O)[C@H](O[C@@H]6O[C@@H](C)[C@H](O)[C@@H](O)[C@H]6O)[C@H]5O[C@@H]5O[C@H](CO)[C@H](O)[C@H](O)[C@H]5O)C(C)(C)[C@@H]4CC[C@]32C)[C@@H]2CC(C)(C)C[C@H](O)[C@]12CO. The smallest absolute Gasteiger partial charge is 0.335 e. The molecule has 11 N–H and O–H groups in total. The standard InChI is InChI=1S/C53H84O20/c1-23(2)17-33(57)69-32-20-52(10)25(26-18-48(4,5)19-30(56)53(26,32)22-55)11-12-29-50(8)15-14-31(49(6,7)28(50)13-16-51(29,52)9)70-47-43(73-46-39(63)37(61)35(59)27(21-54)68-46)41(40(64)42(72-47)44(65)66)71-45-38(62)36(60)34(58)24(3)67-45/h11,17,24,26-32,34-43,45-47,54-56,58-64H,12-16,18-22H2,1-10H3,(H,65,66)/t24-,26-,27+,28-,29+,30-,31-,32+,34-,35-,36+,37-,38+,39+,40-,41-,42-,43+,45-,46-,47+,50-,51+,52+,53+/m0/s1. The zero-order chi connectivity index (χ0) is 53.9. The molecule has 3 saturated heterocycles. The van der Waals surface area contributed by atoms with Crippen molar-refractivity contribution in [3.63, 3.8) is 0 Å². The molecular weight excluding hydrogens is 957 g/mol. The summed E-state index contributed by atoms with van der Waals surface area (Å²) in [6.07, 6.45) is -20.2. The molecule has 20 heteroatoms. The maximum absolute atomic E-state index is 13.6. The number of carboxylic acids is 1. The minimum atomic E-state index is -2.09. The van der Waals surface area contributed by atoms with Crippen LogP contribution >= 0.6 is 0 Å². The molecule has 0 radical (unpaired) electrons. The molecule has 25 atom stereocenters. The van der Waals surface area contributed by atoms with E-state index in [2.05, 4.69) is 54.5 Å². The summed E-state index contributed by atoms with van der Waals surface area (Å²) in [7, 11) is 0. The lowest BCUT2D eigenvalue weighted by Crippen LogP contribution is -2.70. The molecular formula is C53H84O20. The van der Waals surface area contributed by atoms with Crippen LogP contribution in [0.4, 0.5) is 0 Å². The Morgan fingerprint density at radius 1 is 0.699 bits per heavy atom. The molecule has 3 heterocycles. The van der Waals surface area contributed by atoms with Crippen LogP contribution in [-0.4, -0.2) is 192 Å². The molecule has 4 saturated carbocycles. The Hall–Kier alpha value is -2.22. The molecule has 8 rings (SSSR count). The number of carboxylic acid groups (broad SMARTS) is 1. The van der Waals surface area contributed by atoms with Crippen molar-refractivity contribution in [1.29, 1.82) is 0 Å². The van der Waals surface area contributed by atoms with E-state index in [4.69, 9.17) is 33.2 Å². The molecule has 0 aromatic carbocycles. The molecule has 3 aliphatic heterocycles. The monoisotopic (exact) mass is 1040 g/mol. The number of hydrogen-bond donors (Lipinski definition) is 11. The summed E-state index contributed by atoms with van der Waals surface area (Å²) in [5, 5.41) is 120. The first kappa shape index (κ1) is 57.0. The van der Waals surface area contributed by atoms with Gasteiger partial charge in [0, 0.05) is 6.08 Å². The van der Waals surface area contributed by atoms with Gasteiger partial charge < -0.3 is 89.3 Å². The summed E-state index contributed by atoms with van der Waals surface area (Å²) < 4.78 is 43.2. The Morgan fingerprint density at radius 2 is 1.33 bits per heavy atom. The molecule has 8 aliphatic rings. The van der Waals surface area contributed by atoms with E-state index in [9.17, 15) is 65.8 Å². The van der Waals surface area contributed by atoms with E-state index >= 15 is 0 Å². The number of rotatable bonds is 11. The van der Waals surface area contributed by atoms with Gasteiger partial charge in [0.15, 0.2) is 25.0 Å². The number of aliphatic hydroxyl groups excluding tert-OH is 10. The maximum atomic E-state index is 13.6. The normalized spacial score (nSPS) is 51.2. The van der Waals surface area contributed by atoms with Crippen molar-refractivity contribution in [2.75, 3.05) is 13.2 Å². The van der Waals surface area contributed by atoms with Crippen molar-refractivity contribution < 1.29 is 98.9 Å². The van der Waals surface area contributed by atoms with Gasteiger partial charge in [0.1, 0.15) is 67.1 Å². The number of esters is 1. The van der Waals surface area contributed by atoms with Crippen molar-refractivity contribution in [2.24, 2.45) is 50.2 Å². The van der Waals surface area contributed by atoms with E-state index in [1.54, 1.807) is 0 Å². The second-order valence-corrected chi connectivity index (χ2v) is 25.4. The highest BCUT2D eigenvalue weighted by Gasteiger charge is 2.72. The number of fused-ring (bicyclic) bond motifs is 7. The number of carbonyl (C=O) groups excluding carboxylic acids is 1. The number of ether oxygens (including phenoxy) is 7. The first-order valence-corrected chi connectivity index (χ1v) is 26.3. The van der Waals surface area contributed by atoms with Gasteiger partial charge in [0.05, 0.1) is 36.9 Å². The van der Waals surface area contributed by atoms with Crippen LogP contribution in [-0.2, 0) is 42.7 Å². The molecule has 0 amide bonds. The topological polar surface area (TPSA) is 321 Å². The molecule has 0 aromatic rings. The number of hydrogen-bond acceptors (Lipinski definition) is 19. The molecule has 416 valence electrons. The lowest BCUT2D eigenvalue weighted by Gasteiger charge is -2.72. The fraction of sp³-hybridized carbons (Fsp3) is 0.887. The van der Waals surface area contributed by atoms with Crippen LogP contribution in [0.1, 0.15) is 121 Å². The molecule has 0 unspecified atom stereocenters. The van der Waals surface area contributed by atoms with Gasteiger partial charge in [-0.15, -0.1) is 0 Å². The van der Waals surface area contributed by atoms with Crippen molar-refractivity contribution in [3.05, 3.63) is 23.3 Å². The number of aliphatic carboxylic acids is 1. The molecule has 0 bridgehead atoms. The van der Waals surface area contributed by atoms with Crippen LogP contribution in [0.2, 0.25) is 0 Å². The third-order valence-corrected chi connectivity index (χ3v) is 20.0. The molecule has 5 aliphatic carbocycles. The van der Waals surface area contributed by atoms with Crippen LogP contribution in [0.15, 0.2) is 23.3 Å². The van der Waals surface area contributed by atoms with Gasteiger partial charge in [-0.3, -0.25) is 0 Å². The largest absolute Gasteiger partial charge is 0.479 e. The van der Waals surface area contributed by atoms with E-state index in [0.29, 0.717) is 32.1 Å². The predicted molar refractivity (Wildman–Crippen MR) is 255 cm³/mol. The van der Waals surface area contributed by atoms with Crippen molar-refractivity contribution in [1.82, 2.24) is 0 Å². The van der Waals surface area contributed by atoms with Crippen molar-refractivity contribution in [3.8, 4) is 0 Å². The lowest BCUT2D eigenvalue weighted by atomic mass is 9.33. The molecule has 0 aromatic heterocycles. The lowest BCUT2D eigenvalue weighted by molar-refractivity contribution is -0.395. The Balaban J connectivity index is 1.13. The third kappa shape index (κ3) is 9.29. The van der Waals surface area contributed by atoms with Gasteiger partial charge in [0.2, 0.25) is 0 Å². The first-order valence-electron chi connectivity index (χ1n) is 26.3. The van der Waals surface area contributed by atoms with Crippen LogP contribution in [0, 0.1) is 50.2 Å². The fourth-order valence-corrected chi connectivity index (χ4v) is 15.9. The minimum absolute atomic E-state index is 0.0151. The third-order valence-electron chi connectivity index (χ3n) is 20.0. The van der Waals surface area contributed by atoms with E-state index in [1.807, 2.05) is 13.8 Å². The number of allylic oxidation sites excluding steroid dienone is 3. The van der Waals surface area contributed by atoms with Crippen molar-refractivity contribution >= 4 is 11.9 Å². The molecule has 73 heavy (non-hydrogen) atoms. The van der Waals surface area contributed by atoms with E-state index in [1.165, 1.54) is 18.6 Å². The van der Waals surface area contributed by atoms with E-state index in [-0.39, 0.29) is 40.6 Å². The molecule has 20 nitrogen and oxygen atoms in total.